The second kappa shape index (κ2) is 5.46. The summed E-state index contributed by atoms with van der Waals surface area (Å²) < 4.78 is 5.01. The quantitative estimate of drug-likeness (QED) is 0.488. The molecule has 0 amide bonds. The van der Waals surface area contributed by atoms with Crippen LogP contribution in [0, 0.1) is 0 Å². The zero-order chi connectivity index (χ0) is 11.3. The summed E-state index contributed by atoms with van der Waals surface area (Å²) in [6.45, 7) is -0.255. The SMILES string of the molecule is COc1cc(C(CO)N=[N+]=[N-])ccc1Cl. The number of rotatable bonds is 4. The molecule has 0 aliphatic carbocycles. The molecule has 0 saturated heterocycles. The minimum Gasteiger partial charge on any atom is -0.495 e. The van der Waals surface area contributed by atoms with Crippen LogP contribution >= 0.6 is 11.6 Å². The number of aliphatic hydroxyl groups excluding tert-OH is 1. The first kappa shape index (κ1) is 11.7. The van der Waals surface area contributed by atoms with Gasteiger partial charge in [0.25, 0.3) is 0 Å². The predicted octanol–water partition coefficient (Wildman–Crippen LogP) is 2.69. The van der Waals surface area contributed by atoms with Gasteiger partial charge in [-0.05, 0) is 23.2 Å². The molecule has 0 heterocycles. The van der Waals surface area contributed by atoms with Crippen molar-refractivity contribution in [1.29, 1.82) is 0 Å². The fraction of sp³-hybridized carbons (Fsp3) is 0.333. The zero-order valence-corrected chi connectivity index (χ0v) is 8.85. The van der Waals surface area contributed by atoms with E-state index < -0.39 is 6.04 Å². The topological polar surface area (TPSA) is 78.2 Å². The van der Waals surface area contributed by atoms with Crippen LogP contribution in [0.3, 0.4) is 0 Å². The highest BCUT2D eigenvalue weighted by Gasteiger charge is 2.10. The number of hydrogen-bond acceptors (Lipinski definition) is 3. The van der Waals surface area contributed by atoms with E-state index in [0.29, 0.717) is 16.3 Å². The average molecular weight is 228 g/mol. The Bertz CT molecular complexity index is 391. The maximum absolute atomic E-state index is 9.00. The minimum atomic E-state index is -0.610. The van der Waals surface area contributed by atoms with Crippen LogP contribution in [0.4, 0.5) is 0 Å². The van der Waals surface area contributed by atoms with Gasteiger partial charge in [-0.25, -0.2) is 0 Å². The molecule has 15 heavy (non-hydrogen) atoms. The van der Waals surface area contributed by atoms with E-state index in [-0.39, 0.29) is 6.61 Å². The highest BCUT2D eigenvalue weighted by molar-refractivity contribution is 6.32. The fourth-order valence-electron chi connectivity index (χ4n) is 1.15. The Morgan fingerprint density at radius 1 is 1.67 bits per heavy atom. The van der Waals surface area contributed by atoms with Crippen LogP contribution < -0.4 is 4.74 Å². The van der Waals surface area contributed by atoms with Crippen LogP contribution in [0.25, 0.3) is 10.4 Å². The summed E-state index contributed by atoms with van der Waals surface area (Å²) in [7, 11) is 1.49. The Hall–Kier alpha value is -1.42. The summed E-state index contributed by atoms with van der Waals surface area (Å²) in [6.07, 6.45) is 0. The summed E-state index contributed by atoms with van der Waals surface area (Å²) in [5.41, 5.74) is 8.96. The highest BCUT2D eigenvalue weighted by Crippen LogP contribution is 2.28. The standard InChI is InChI=1S/C9H10ClN3O2/c1-15-9-4-6(2-3-7(9)10)8(5-14)12-13-11/h2-4,8,14H,5H2,1H3. The van der Waals surface area contributed by atoms with Gasteiger partial charge < -0.3 is 9.84 Å². The van der Waals surface area contributed by atoms with E-state index in [2.05, 4.69) is 10.0 Å². The lowest BCUT2D eigenvalue weighted by molar-refractivity contribution is 0.267. The molecule has 0 aliphatic rings. The molecule has 0 fully saturated rings. The third-order valence-corrected chi connectivity index (χ3v) is 2.24. The van der Waals surface area contributed by atoms with Crippen LogP contribution in [0.2, 0.25) is 5.02 Å². The number of methoxy groups -OCH3 is 1. The molecule has 0 radical (unpaired) electrons. The molecule has 1 aromatic rings. The van der Waals surface area contributed by atoms with Crippen molar-refractivity contribution < 1.29 is 9.84 Å². The van der Waals surface area contributed by atoms with E-state index >= 15 is 0 Å². The molecule has 0 aliphatic heterocycles. The Balaban J connectivity index is 3.08. The van der Waals surface area contributed by atoms with E-state index in [1.165, 1.54) is 7.11 Å². The van der Waals surface area contributed by atoms with Gasteiger partial charge in [0, 0.05) is 4.91 Å². The highest BCUT2D eigenvalue weighted by atomic mass is 35.5. The molecule has 1 atom stereocenters. The van der Waals surface area contributed by atoms with Crippen molar-refractivity contribution in [2.45, 2.75) is 6.04 Å². The molecule has 5 nitrogen and oxygen atoms in total. The summed E-state index contributed by atoms with van der Waals surface area (Å²) >= 11 is 5.83. The first-order valence-electron chi connectivity index (χ1n) is 4.21. The molecule has 1 aromatic carbocycles. The molecule has 0 bridgehead atoms. The largest absolute Gasteiger partial charge is 0.495 e. The van der Waals surface area contributed by atoms with E-state index in [9.17, 15) is 0 Å². The number of azide groups is 1. The Morgan fingerprint density at radius 3 is 2.93 bits per heavy atom. The number of aliphatic hydroxyl groups is 1. The number of nitrogens with zero attached hydrogens (tertiary/aromatic N) is 3. The number of halogens is 1. The van der Waals surface area contributed by atoms with Crippen LogP contribution in [-0.2, 0) is 0 Å². The molecule has 0 aromatic heterocycles. The zero-order valence-electron chi connectivity index (χ0n) is 8.09. The molecule has 1 N–H and O–H groups in total. The molecular weight excluding hydrogens is 218 g/mol. The van der Waals surface area contributed by atoms with Crippen LogP contribution in [-0.4, -0.2) is 18.8 Å². The predicted molar refractivity (Wildman–Crippen MR) is 57.0 cm³/mol. The number of benzene rings is 1. The minimum absolute atomic E-state index is 0.255. The molecule has 1 unspecified atom stereocenters. The van der Waals surface area contributed by atoms with Crippen LogP contribution in [0.1, 0.15) is 11.6 Å². The van der Waals surface area contributed by atoms with E-state index in [1.807, 2.05) is 0 Å². The molecule has 0 saturated carbocycles. The van der Waals surface area contributed by atoms with Gasteiger partial charge >= 0.3 is 0 Å². The molecular formula is C9H10ClN3O2. The van der Waals surface area contributed by atoms with Crippen molar-refractivity contribution in [3.05, 3.63) is 39.2 Å². The van der Waals surface area contributed by atoms with Gasteiger partial charge in [-0.15, -0.1) is 0 Å². The molecule has 6 heteroatoms. The first-order valence-corrected chi connectivity index (χ1v) is 4.59. The lowest BCUT2D eigenvalue weighted by Gasteiger charge is -2.10. The summed E-state index contributed by atoms with van der Waals surface area (Å²) in [5, 5.41) is 12.9. The van der Waals surface area contributed by atoms with Crippen molar-refractivity contribution in [1.82, 2.24) is 0 Å². The number of hydrogen-bond donors (Lipinski definition) is 1. The van der Waals surface area contributed by atoms with Gasteiger partial charge in [0.05, 0.1) is 24.8 Å². The smallest absolute Gasteiger partial charge is 0.137 e. The second-order valence-electron chi connectivity index (χ2n) is 2.80. The maximum Gasteiger partial charge on any atom is 0.137 e. The van der Waals surface area contributed by atoms with Crippen molar-refractivity contribution in [3.8, 4) is 5.75 Å². The van der Waals surface area contributed by atoms with Gasteiger partial charge in [-0.1, -0.05) is 22.8 Å². The third-order valence-electron chi connectivity index (χ3n) is 1.92. The van der Waals surface area contributed by atoms with Crippen molar-refractivity contribution >= 4 is 11.6 Å². The second-order valence-corrected chi connectivity index (χ2v) is 3.20. The van der Waals surface area contributed by atoms with Gasteiger partial charge in [0.15, 0.2) is 0 Å². The maximum atomic E-state index is 9.00. The Labute approximate surface area is 91.9 Å². The van der Waals surface area contributed by atoms with E-state index in [0.717, 1.165) is 0 Å². The van der Waals surface area contributed by atoms with Gasteiger partial charge in [0.1, 0.15) is 5.75 Å². The van der Waals surface area contributed by atoms with Crippen molar-refractivity contribution in [2.75, 3.05) is 13.7 Å². The summed E-state index contributed by atoms with van der Waals surface area (Å²) in [5.74, 6) is 0.487. The molecule has 1 rings (SSSR count). The van der Waals surface area contributed by atoms with E-state index in [4.69, 9.17) is 27.0 Å². The summed E-state index contributed by atoms with van der Waals surface area (Å²) in [4.78, 5) is 2.65. The Kier molecular flexibility index (Phi) is 4.24. The molecule has 80 valence electrons. The fourth-order valence-corrected chi connectivity index (χ4v) is 1.35. The first-order chi connectivity index (χ1) is 7.22. The lowest BCUT2D eigenvalue weighted by atomic mass is 10.1. The summed E-state index contributed by atoms with van der Waals surface area (Å²) in [6, 6.07) is 4.34. The lowest BCUT2D eigenvalue weighted by Crippen LogP contribution is -2.00. The van der Waals surface area contributed by atoms with Crippen LogP contribution in [0.15, 0.2) is 23.3 Å². The van der Waals surface area contributed by atoms with Crippen LogP contribution in [0.5, 0.6) is 5.75 Å². The monoisotopic (exact) mass is 227 g/mol. The van der Waals surface area contributed by atoms with Gasteiger partial charge in [-0.2, -0.15) is 0 Å². The van der Waals surface area contributed by atoms with Crippen molar-refractivity contribution in [3.63, 3.8) is 0 Å². The van der Waals surface area contributed by atoms with Gasteiger partial charge in [0.2, 0.25) is 0 Å². The average Bonchev–Trinajstić information content (AvgIpc) is 2.27. The number of ether oxygens (including phenoxy) is 1. The van der Waals surface area contributed by atoms with E-state index in [1.54, 1.807) is 18.2 Å². The Morgan fingerprint density at radius 2 is 2.40 bits per heavy atom. The van der Waals surface area contributed by atoms with Gasteiger partial charge in [-0.3, -0.25) is 0 Å². The normalized spacial score (nSPS) is 11.7. The van der Waals surface area contributed by atoms with Crippen molar-refractivity contribution in [2.24, 2.45) is 5.11 Å². The third kappa shape index (κ3) is 2.76. The molecule has 0 spiro atoms.